The van der Waals surface area contributed by atoms with Crippen molar-refractivity contribution in [2.24, 2.45) is 5.41 Å². The third-order valence-electron chi connectivity index (χ3n) is 2.96. The van der Waals surface area contributed by atoms with Gasteiger partial charge in [-0.25, -0.2) is 8.78 Å². The van der Waals surface area contributed by atoms with E-state index < -0.39 is 11.3 Å². The standard InChI is InChI=1S/C9H15F2N/c1-3-5-8(4-2)7(12)6-9(8,10)11/h12H,3-6H2,1-2H3. The number of nitrogens with one attached hydrogen (secondary N) is 1. The summed E-state index contributed by atoms with van der Waals surface area (Å²) >= 11 is 0. The first-order chi connectivity index (χ1) is 5.50. The lowest BCUT2D eigenvalue weighted by molar-refractivity contribution is -0.124. The molecule has 12 heavy (non-hydrogen) atoms. The van der Waals surface area contributed by atoms with Gasteiger partial charge in [-0.1, -0.05) is 20.3 Å². The van der Waals surface area contributed by atoms with Gasteiger partial charge in [-0.2, -0.15) is 0 Å². The van der Waals surface area contributed by atoms with Gasteiger partial charge in [0.1, 0.15) is 0 Å². The van der Waals surface area contributed by atoms with E-state index in [4.69, 9.17) is 5.41 Å². The van der Waals surface area contributed by atoms with E-state index in [2.05, 4.69) is 0 Å². The fourth-order valence-electron chi connectivity index (χ4n) is 2.08. The third-order valence-corrected chi connectivity index (χ3v) is 2.96. The number of alkyl halides is 2. The highest BCUT2D eigenvalue weighted by Gasteiger charge is 2.63. The van der Waals surface area contributed by atoms with Crippen LogP contribution in [0.25, 0.3) is 0 Å². The molecule has 1 rings (SSSR count). The van der Waals surface area contributed by atoms with Crippen LogP contribution < -0.4 is 0 Å². The molecule has 1 unspecified atom stereocenters. The molecule has 1 aliphatic rings. The maximum atomic E-state index is 13.2. The molecule has 0 spiro atoms. The molecule has 1 fully saturated rings. The Balaban J connectivity index is 2.83. The Labute approximate surface area is 71.7 Å². The van der Waals surface area contributed by atoms with Crippen LogP contribution in [0.1, 0.15) is 39.5 Å². The van der Waals surface area contributed by atoms with Gasteiger partial charge in [0.15, 0.2) is 0 Å². The highest BCUT2D eigenvalue weighted by Crippen LogP contribution is 2.56. The first-order valence-electron chi connectivity index (χ1n) is 4.46. The third kappa shape index (κ3) is 0.985. The molecule has 0 aliphatic heterocycles. The maximum Gasteiger partial charge on any atom is 0.263 e. The van der Waals surface area contributed by atoms with Crippen molar-refractivity contribution in [1.29, 1.82) is 5.41 Å². The molecule has 0 aromatic heterocycles. The van der Waals surface area contributed by atoms with Gasteiger partial charge in [0, 0.05) is 5.71 Å². The molecule has 0 amide bonds. The number of hydrogen-bond donors (Lipinski definition) is 1. The van der Waals surface area contributed by atoms with Crippen molar-refractivity contribution < 1.29 is 8.78 Å². The number of rotatable bonds is 3. The Kier molecular flexibility index (Phi) is 2.23. The fourth-order valence-corrected chi connectivity index (χ4v) is 2.08. The van der Waals surface area contributed by atoms with Gasteiger partial charge in [-0.3, -0.25) is 0 Å². The van der Waals surface area contributed by atoms with E-state index in [-0.39, 0.29) is 12.1 Å². The van der Waals surface area contributed by atoms with E-state index >= 15 is 0 Å². The van der Waals surface area contributed by atoms with E-state index in [0.717, 1.165) is 6.42 Å². The summed E-state index contributed by atoms with van der Waals surface area (Å²) in [6, 6.07) is 0. The van der Waals surface area contributed by atoms with Crippen LogP contribution in [0, 0.1) is 10.8 Å². The fraction of sp³-hybridized carbons (Fsp3) is 0.889. The van der Waals surface area contributed by atoms with E-state index in [1.807, 2.05) is 6.92 Å². The van der Waals surface area contributed by atoms with Crippen molar-refractivity contribution >= 4 is 5.71 Å². The van der Waals surface area contributed by atoms with Crippen LogP contribution in [0.3, 0.4) is 0 Å². The quantitative estimate of drug-likeness (QED) is 0.680. The molecule has 1 nitrogen and oxygen atoms in total. The van der Waals surface area contributed by atoms with E-state index in [1.54, 1.807) is 6.92 Å². The summed E-state index contributed by atoms with van der Waals surface area (Å²) in [7, 11) is 0. The lowest BCUT2D eigenvalue weighted by Crippen LogP contribution is -2.58. The van der Waals surface area contributed by atoms with Crippen LogP contribution >= 0.6 is 0 Å². The average molecular weight is 175 g/mol. The van der Waals surface area contributed by atoms with Crippen molar-refractivity contribution in [1.82, 2.24) is 0 Å². The summed E-state index contributed by atoms with van der Waals surface area (Å²) in [5.74, 6) is -2.62. The normalized spacial score (nSPS) is 33.2. The predicted octanol–water partition coefficient (Wildman–Crippen LogP) is 3.24. The van der Waals surface area contributed by atoms with Crippen LogP contribution in [0.4, 0.5) is 8.78 Å². The summed E-state index contributed by atoms with van der Waals surface area (Å²) in [5, 5.41) is 7.41. The summed E-state index contributed by atoms with van der Waals surface area (Å²) in [6.07, 6.45) is 1.26. The zero-order valence-corrected chi connectivity index (χ0v) is 7.58. The Hall–Kier alpha value is -0.470. The van der Waals surface area contributed by atoms with Crippen LogP contribution in [-0.4, -0.2) is 11.6 Å². The zero-order chi connectivity index (χ0) is 9.41. The van der Waals surface area contributed by atoms with Gasteiger partial charge in [0.2, 0.25) is 0 Å². The smallest absolute Gasteiger partial charge is 0.263 e. The lowest BCUT2D eigenvalue weighted by atomic mass is 9.59. The Bertz CT molecular complexity index is 201. The van der Waals surface area contributed by atoms with Gasteiger partial charge in [0.25, 0.3) is 5.92 Å². The average Bonchev–Trinajstić information content (AvgIpc) is 1.98. The largest absolute Gasteiger partial charge is 0.309 e. The molecule has 0 saturated heterocycles. The monoisotopic (exact) mass is 175 g/mol. The van der Waals surface area contributed by atoms with E-state index in [0.29, 0.717) is 12.8 Å². The Morgan fingerprint density at radius 2 is 2.00 bits per heavy atom. The predicted molar refractivity (Wildman–Crippen MR) is 44.9 cm³/mol. The van der Waals surface area contributed by atoms with Crippen LogP contribution in [0.15, 0.2) is 0 Å². The SMILES string of the molecule is CCCC1(CC)C(=N)CC1(F)F. The molecule has 70 valence electrons. The van der Waals surface area contributed by atoms with Gasteiger partial charge in [-0.05, 0) is 12.8 Å². The van der Waals surface area contributed by atoms with Crippen LogP contribution in [-0.2, 0) is 0 Å². The van der Waals surface area contributed by atoms with Crippen molar-refractivity contribution in [2.75, 3.05) is 0 Å². The second kappa shape index (κ2) is 2.79. The minimum Gasteiger partial charge on any atom is -0.309 e. The molecule has 0 bridgehead atoms. The highest BCUT2D eigenvalue weighted by atomic mass is 19.3. The second-order valence-corrected chi connectivity index (χ2v) is 3.55. The van der Waals surface area contributed by atoms with E-state index in [9.17, 15) is 8.78 Å². The topological polar surface area (TPSA) is 23.9 Å². The number of halogens is 2. The maximum absolute atomic E-state index is 13.2. The van der Waals surface area contributed by atoms with Crippen molar-refractivity contribution in [2.45, 2.75) is 45.5 Å². The van der Waals surface area contributed by atoms with Crippen molar-refractivity contribution in [3.05, 3.63) is 0 Å². The Morgan fingerprint density at radius 1 is 1.42 bits per heavy atom. The van der Waals surface area contributed by atoms with Gasteiger partial charge < -0.3 is 5.41 Å². The molecule has 1 N–H and O–H groups in total. The molecule has 1 atom stereocenters. The first-order valence-corrected chi connectivity index (χ1v) is 4.46. The molecule has 0 heterocycles. The lowest BCUT2D eigenvalue weighted by Gasteiger charge is -2.49. The molecule has 0 radical (unpaired) electrons. The molecular weight excluding hydrogens is 160 g/mol. The summed E-state index contributed by atoms with van der Waals surface area (Å²) < 4.78 is 26.3. The Morgan fingerprint density at radius 3 is 2.17 bits per heavy atom. The molecule has 0 aromatic carbocycles. The highest BCUT2D eigenvalue weighted by molar-refractivity contribution is 5.95. The molecular formula is C9H15F2N. The van der Waals surface area contributed by atoms with Crippen LogP contribution in [0.2, 0.25) is 0 Å². The summed E-state index contributed by atoms with van der Waals surface area (Å²) in [6.45, 7) is 3.64. The van der Waals surface area contributed by atoms with E-state index in [1.165, 1.54) is 0 Å². The van der Waals surface area contributed by atoms with Crippen molar-refractivity contribution in [3.8, 4) is 0 Å². The minimum absolute atomic E-state index is 0.247. The minimum atomic E-state index is -2.62. The summed E-state index contributed by atoms with van der Waals surface area (Å²) in [5.41, 5.74) is -0.835. The molecule has 3 heteroatoms. The van der Waals surface area contributed by atoms with Gasteiger partial charge >= 0.3 is 0 Å². The molecule has 1 saturated carbocycles. The zero-order valence-electron chi connectivity index (χ0n) is 7.58. The molecule has 0 aromatic rings. The second-order valence-electron chi connectivity index (χ2n) is 3.55. The van der Waals surface area contributed by atoms with Gasteiger partial charge in [0.05, 0.1) is 11.8 Å². The first kappa shape index (κ1) is 9.62. The van der Waals surface area contributed by atoms with Gasteiger partial charge in [-0.15, -0.1) is 0 Å². The van der Waals surface area contributed by atoms with Crippen LogP contribution in [0.5, 0.6) is 0 Å². The summed E-state index contributed by atoms with van der Waals surface area (Å²) in [4.78, 5) is 0. The van der Waals surface area contributed by atoms with Crippen molar-refractivity contribution in [3.63, 3.8) is 0 Å². The molecule has 1 aliphatic carbocycles. The number of hydrogen-bond acceptors (Lipinski definition) is 1.